The number of nitrogens with zero attached hydrogens (tertiary/aromatic N) is 1. The molecule has 2 N–H and O–H groups in total. The minimum Gasteiger partial charge on any atom is -0.477 e. The largest absolute Gasteiger partial charge is 0.477 e. The van der Waals surface area contributed by atoms with Crippen molar-refractivity contribution >= 4 is 35.4 Å². The first-order valence-electron chi connectivity index (χ1n) is 3.83. The van der Waals surface area contributed by atoms with Gasteiger partial charge in [-0.2, -0.15) is 5.10 Å². The second-order valence-corrected chi connectivity index (χ2v) is 4.37. The van der Waals surface area contributed by atoms with Crippen molar-refractivity contribution in [2.75, 3.05) is 0 Å². The molecular formula is C8H12Cl2N2O2. The molecule has 0 aliphatic rings. The van der Waals surface area contributed by atoms with Crippen LogP contribution in [0.3, 0.4) is 0 Å². The first-order valence-corrected chi connectivity index (χ1v) is 4.58. The normalized spacial score (nSPS) is 14.1. The van der Waals surface area contributed by atoms with Crippen LogP contribution in [-0.2, 0) is 4.79 Å². The van der Waals surface area contributed by atoms with Gasteiger partial charge in [0, 0.05) is 5.54 Å². The summed E-state index contributed by atoms with van der Waals surface area (Å²) in [5.41, 5.74) is 2.54. The third-order valence-electron chi connectivity index (χ3n) is 0.975. The van der Waals surface area contributed by atoms with Gasteiger partial charge in [-0.1, -0.05) is 23.2 Å². The van der Waals surface area contributed by atoms with Crippen molar-refractivity contribution < 1.29 is 9.90 Å². The Balaban J connectivity index is 4.40. The molecule has 0 amide bonds. The van der Waals surface area contributed by atoms with Crippen LogP contribution in [-0.4, -0.2) is 22.8 Å². The van der Waals surface area contributed by atoms with Crippen LogP contribution in [0.2, 0.25) is 0 Å². The van der Waals surface area contributed by atoms with Gasteiger partial charge in [-0.25, -0.2) is 4.79 Å². The van der Waals surface area contributed by atoms with Crippen LogP contribution in [0.25, 0.3) is 0 Å². The second kappa shape index (κ2) is 5.22. The zero-order valence-electron chi connectivity index (χ0n) is 8.14. The molecule has 0 aromatic heterocycles. The lowest BCUT2D eigenvalue weighted by Gasteiger charge is -2.16. The topological polar surface area (TPSA) is 61.7 Å². The predicted octanol–water partition coefficient (Wildman–Crippen LogP) is 2.13. The van der Waals surface area contributed by atoms with Crippen LogP contribution in [0.4, 0.5) is 0 Å². The van der Waals surface area contributed by atoms with Gasteiger partial charge in [-0.05, 0) is 20.8 Å². The van der Waals surface area contributed by atoms with Crippen molar-refractivity contribution in [2.45, 2.75) is 26.3 Å². The number of nitrogens with one attached hydrogen (secondary N) is 1. The number of carboxylic acid groups (broad SMARTS) is 1. The minimum atomic E-state index is -1.28. The summed E-state index contributed by atoms with van der Waals surface area (Å²) in [7, 11) is 0. The smallest absolute Gasteiger partial charge is 0.348 e. The second-order valence-electron chi connectivity index (χ2n) is 3.59. The van der Waals surface area contributed by atoms with E-state index in [0.29, 0.717) is 0 Å². The van der Waals surface area contributed by atoms with E-state index in [1.54, 1.807) is 0 Å². The average Bonchev–Trinajstić information content (AvgIpc) is 2.00. The first kappa shape index (κ1) is 13.3. The molecule has 0 radical (unpaired) electrons. The number of hydrogen-bond donors (Lipinski definition) is 2. The molecule has 0 aromatic carbocycles. The van der Waals surface area contributed by atoms with Gasteiger partial charge in [0.25, 0.3) is 0 Å². The zero-order chi connectivity index (χ0) is 11.4. The molecule has 80 valence electrons. The van der Waals surface area contributed by atoms with Crippen LogP contribution in [0.1, 0.15) is 20.8 Å². The highest BCUT2D eigenvalue weighted by Gasteiger charge is 2.09. The molecular weight excluding hydrogens is 227 g/mol. The van der Waals surface area contributed by atoms with E-state index in [4.69, 9.17) is 28.3 Å². The summed E-state index contributed by atoms with van der Waals surface area (Å²) in [6.07, 6.45) is 1.16. The van der Waals surface area contributed by atoms with E-state index < -0.39 is 11.0 Å². The Morgan fingerprint density at radius 3 is 2.29 bits per heavy atom. The fourth-order valence-electron chi connectivity index (χ4n) is 0.441. The summed E-state index contributed by atoms with van der Waals surface area (Å²) in [4.78, 5) is 10.3. The molecule has 0 aliphatic carbocycles. The molecule has 0 unspecified atom stereocenters. The van der Waals surface area contributed by atoms with Crippen molar-refractivity contribution in [3.8, 4) is 0 Å². The fourth-order valence-corrected chi connectivity index (χ4v) is 0.620. The lowest BCUT2D eigenvalue weighted by Crippen LogP contribution is -2.31. The van der Waals surface area contributed by atoms with Gasteiger partial charge in [0.15, 0.2) is 0 Å². The van der Waals surface area contributed by atoms with E-state index in [0.717, 1.165) is 6.21 Å². The Bertz CT molecular complexity index is 280. The van der Waals surface area contributed by atoms with Crippen molar-refractivity contribution in [1.29, 1.82) is 0 Å². The van der Waals surface area contributed by atoms with E-state index in [2.05, 4.69) is 10.5 Å². The van der Waals surface area contributed by atoms with Crippen molar-refractivity contribution in [3.05, 3.63) is 10.1 Å². The summed E-state index contributed by atoms with van der Waals surface area (Å²) < 4.78 is 0. The van der Waals surface area contributed by atoms with Gasteiger partial charge in [0.1, 0.15) is 5.03 Å². The average molecular weight is 239 g/mol. The molecule has 0 heterocycles. The Morgan fingerprint density at radius 2 is 1.93 bits per heavy atom. The monoisotopic (exact) mass is 238 g/mol. The molecule has 0 saturated heterocycles. The molecule has 14 heavy (non-hydrogen) atoms. The van der Waals surface area contributed by atoms with Crippen LogP contribution < -0.4 is 5.43 Å². The Labute approximate surface area is 92.6 Å². The predicted molar refractivity (Wildman–Crippen MR) is 57.7 cm³/mol. The number of allylic oxidation sites excluding steroid dienone is 1. The van der Waals surface area contributed by atoms with Gasteiger partial charge in [-0.3, -0.25) is 0 Å². The van der Waals surface area contributed by atoms with E-state index in [1.165, 1.54) is 0 Å². The summed E-state index contributed by atoms with van der Waals surface area (Å²) in [5.74, 6) is -1.28. The van der Waals surface area contributed by atoms with Crippen molar-refractivity contribution in [3.63, 3.8) is 0 Å². The van der Waals surface area contributed by atoms with Crippen LogP contribution in [0, 0.1) is 0 Å². The lowest BCUT2D eigenvalue weighted by molar-refractivity contribution is -0.131. The van der Waals surface area contributed by atoms with E-state index in [-0.39, 0.29) is 10.6 Å². The standard InChI is InChI=1S/C8H12Cl2N2O2/c1-8(2,3)12-11-4-5(9)6(10)7(13)14/h4,12H,1-3H3,(H,13,14). The highest BCUT2D eigenvalue weighted by atomic mass is 35.5. The fraction of sp³-hybridized carbons (Fsp3) is 0.500. The molecule has 0 spiro atoms. The molecule has 6 heteroatoms. The number of carboxylic acids is 1. The zero-order valence-corrected chi connectivity index (χ0v) is 9.65. The van der Waals surface area contributed by atoms with Crippen LogP contribution >= 0.6 is 23.2 Å². The maximum absolute atomic E-state index is 10.3. The molecule has 0 bridgehead atoms. The SMILES string of the molecule is CC(C)(C)NN=CC(Cl)=C(Cl)C(=O)O. The number of hydrazone groups is 1. The number of rotatable bonds is 3. The van der Waals surface area contributed by atoms with Gasteiger partial charge in [-0.15, -0.1) is 0 Å². The van der Waals surface area contributed by atoms with E-state index >= 15 is 0 Å². The van der Waals surface area contributed by atoms with E-state index in [9.17, 15) is 4.79 Å². The quantitative estimate of drug-likeness (QED) is 0.450. The number of hydrogen-bond acceptors (Lipinski definition) is 3. The molecule has 4 nitrogen and oxygen atoms in total. The summed E-state index contributed by atoms with van der Waals surface area (Å²) in [6.45, 7) is 5.71. The summed E-state index contributed by atoms with van der Waals surface area (Å²) >= 11 is 10.9. The van der Waals surface area contributed by atoms with Gasteiger partial charge >= 0.3 is 5.97 Å². The molecule has 0 saturated carbocycles. The van der Waals surface area contributed by atoms with Gasteiger partial charge < -0.3 is 10.5 Å². The van der Waals surface area contributed by atoms with Crippen molar-refractivity contribution in [2.24, 2.45) is 5.10 Å². The summed E-state index contributed by atoms with van der Waals surface area (Å²) in [5, 5.41) is 11.6. The van der Waals surface area contributed by atoms with Crippen LogP contribution in [0.5, 0.6) is 0 Å². The van der Waals surface area contributed by atoms with Crippen molar-refractivity contribution in [1.82, 2.24) is 5.43 Å². The molecule has 0 aliphatic heterocycles. The number of aliphatic carboxylic acids is 1. The third-order valence-corrected chi connectivity index (χ3v) is 1.72. The van der Waals surface area contributed by atoms with E-state index in [1.807, 2.05) is 20.8 Å². The molecule has 0 rings (SSSR count). The Morgan fingerprint density at radius 1 is 1.43 bits per heavy atom. The Hall–Kier alpha value is -0.740. The number of carbonyl (C=O) groups is 1. The molecule has 0 atom stereocenters. The number of halogens is 2. The Kier molecular flexibility index (Phi) is 4.94. The highest BCUT2D eigenvalue weighted by Crippen LogP contribution is 2.11. The van der Waals surface area contributed by atoms with Gasteiger partial charge in [0.05, 0.1) is 11.2 Å². The van der Waals surface area contributed by atoms with Crippen LogP contribution in [0.15, 0.2) is 15.2 Å². The molecule has 0 fully saturated rings. The lowest BCUT2D eigenvalue weighted by atomic mass is 10.1. The maximum atomic E-state index is 10.3. The minimum absolute atomic E-state index is 0.115. The first-order chi connectivity index (χ1) is 6.24. The van der Waals surface area contributed by atoms with Gasteiger partial charge in [0.2, 0.25) is 0 Å². The highest BCUT2D eigenvalue weighted by molar-refractivity contribution is 6.51. The third kappa shape index (κ3) is 5.83. The maximum Gasteiger partial charge on any atom is 0.348 e. The summed E-state index contributed by atoms with van der Waals surface area (Å²) in [6, 6.07) is 0. The molecule has 0 aromatic rings.